The molecule has 1 aliphatic rings. The second kappa shape index (κ2) is 6.58. The Bertz CT molecular complexity index is 731. The number of piperazine rings is 1. The Labute approximate surface area is 132 Å². The zero-order valence-electron chi connectivity index (χ0n) is 12.7. The Morgan fingerprint density at radius 3 is 2.95 bits per heavy atom. The normalized spacial score (nSPS) is 15.4. The minimum absolute atomic E-state index is 0.0102. The summed E-state index contributed by atoms with van der Waals surface area (Å²) in [5.74, 6) is 0.176. The molecule has 3 heterocycles. The average molecular weight is 320 g/mol. The predicted molar refractivity (Wildman–Crippen MR) is 87.3 cm³/mol. The van der Waals surface area contributed by atoms with Crippen LogP contribution in [0.1, 0.15) is 17.7 Å². The van der Waals surface area contributed by atoms with Crippen molar-refractivity contribution in [1.82, 2.24) is 19.8 Å². The van der Waals surface area contributed by atoms with Gasteiger partial charge in [0.2, 0.25) is 5.91 Å². The van der Waals surface area contributed by atoms with Gasteiger partial charge in [-0.3, -0.25) is 14.2 Å². The van der Waals surface area contributed by atoms with E-state index in [1.54, 1.807) is 10.9 Å². The Hall–Kier alpha value is -1.73. The topological polar surface area (TPSA) is 67.2 Å². The summed E-state index contributed by atoms with van der Waals surface area (Å²) < 4.78 is 1.61. The van der Waals surface area contributed by atoms with Crippen LogP contribution >= 0.6 is 11.3 Å². The second-order valence-corrected chi connectivity index (χ2v) is 6.79. The first-order valence-corrected chi connectivity index (χ1v) is 8.41. The van der Waals surface area contributed by atoms with E-state index in [-0.39, 0.29) is 11.5 Å². The largest absolute Gasteiger partial charge is 0.340 e. The van der Waals surface area contributed by atoms with Gasteiger partial charge in [-0.2, -0.15) is 0 Å². The van der Waals surface area contributed by atoms with Crippen LogP contribution in [0.4, 0.5) is 0 Å². The zero-order valence-corrected chi connectivity index (χ0v) is 13.5. The van der Waals surface area contributed by atoms with Gasteiger partial charge in [-0.25, -0.2) is 4.98 Å². The molecule has 22 heavy (non-hydrogen) atoms. The highest BCUT2D eigenvalue weighted by molar-refractivity contribution is 7.18. The van der Waals surface area contributed by atoms with E-state index in [2.05, 4.69) is 10.3 Å². The number of hydrogen-bond donors (Lipinski definition) is 1. The van der Waals surface area contributed by atoms with E-state index in [9.17, 15) is 9.59 Å². The monoisotopic (exact) mass is 320 g/mol. The van der Waals surface area contributed by atoms with Crippen molar-refractivity contribution in [3.05, 3.63) is 27.6 Å². The molecule has 1 N–H and O–H groups in total. The molecule has 0 spiro atoms. The van der Waals surface area contributed by atoms with Crippen LogP contribution in [0.3, 0.4) is 0 Å². The lowest BCUT2D eigenvalue weighted by Gasteiger charge is -2.27. The van der Waals surface area contributed by atoms with Gasteiger partial charge in [0.05, 0.1) is 11.7 Å². The Morgan fingerprint density at radius 1 is 1.41 bits per heavy atom. The van der Waals surface area contributed by atoms with Gasteiger partial charge in [-0.1, -0.05) is 0 Å². The molecule has 6 nitrogen and oxygen atoms in total. The molecule has 0 aromatic carbocycles. The SMILES string of the molecule is Cc1cc2c(=O)n(CCCC(=O)N3CCNCC3)cnc2s1. The number of hydrogen-bond acceptors (Lipinski definition) is 5. The van der Waals surface area contributed by atoms with Crippen molar-refractivity contribution in [3.63, 3.8) is 0 Å². The fraction of sp³-hybridized carbons (Fsp3) is 0.533. The molecule has 0 unspecified atom stereocenters. The summed E-state index contributed by atoms with van der Waals surface area (Å²) in [6, 6.07) is 1.89. The molecule has 0 bridgehead atoms. The number of rotatable bonds is 4. The minimum atomic E-state index is -0.0102. The number of nitrogens with zero attached hydrogens (tertiary/aromatic N) is 3. The molecule has 0 saturated carbocycles. The van der Waals surface area contributed by atoms with E-state index in [1.807, 2.05) is 17.9 Å². The summed E-state index contributed by atoms with van der Waals surface area (Å²) in [5.41, 5.74) is -0.0102. The van der Waals surface area contributed by atoms with Crippen LogP contribution in [0.2, 0.25) is 0 Å². The van der Waals surface area contributed by atoms with E-state index >= 15 is 0 Å². The summed E-state index contributed by atoms with van der Waals surface area (Å²) in [6.45, 7) is 5.80. The molecule has 118 valence electrons. The number of carbonyl (C=O) groups excluding carboxylic acids is 1. The number of amides is 1. The van der Waals surface area contributed by atoms with Gasteiger partial charge in [0.15, 0.2) is 0 Å². The fourth-order valence-electron chi connectivity index (χ4n) is 2.71. The lowest BCUT2D eigenvalue weighted by Crippen LogP contribution is -2.46. The van der Waals surface area contributed by atoms with Crippen LogP contribution in [-0.4, -0.2) is 46.5 Å². The molecule has 3 rings (SSSR count). The van der Waals surface area contributed by atoms with Gasteiger partial charge < -0.3 is 10.2 Å². The van der Waals surface area contributed by atoms with Crippen molar-refractivity contribution in [2.45, 2.75) is 26.3 Å². The Morgan fingerprint density at radius 2 is 2.18 bits per heavy atom. The molecule has 1 saturated heterocycles. The van der Waals surface area contributed by atoms with E-state index in [0.717, 1.165) is 35.9 Å². The maximum Gasteiger partial charge on any atom is 0.262 e. The molecule has 2 aromatic heterocycles. The van der Waals surface area contributed by atoms with Crippen molar-refractivity contribution in [2.75, 3.05) is 26.2 Å². The van der Waals surface area contributed by atoms with Crippen molar-refractivity contribution in [3.8, 4) is 0 Å². The lowest BCUT2D eigenvalue weighted by molar-refractivity contribution is -0.131. The van der Waals surface area contributed by atoms with E-state index < -0.39 is 0 Å². The van der Waals surface area contributed by atoms with Crippen LogP contribution in [0.15, 0.2) is 17.2 Å². The Kier molecular flexibility index (Phi) is 4.54. The van der Waals surface area contributed by atoms with Gasteiger partial charge in [0.25, 0.3) is 5.56 Å². The number of fused-ring (bicyclic) bond motifs is 1. The third-order valence-corrected chi connectivity index (χ3v) is 4.86. The highest BCUT2D eigenvalue weighted by Gasteiger charge is 2.15. The molecule has 2 aromatic rings. The maximum absolute atomic E-state index is 12.3. The third-order valence-electron chi connectivity index (χ3n) is 3.90. The van der Waals surface area contributed by atoms with Crippen LogP contribution in [0.5, 0.6) is 0 Å². The molecule has 0 aliphatic carbocycles. The van der Waals surface area contributed by atoms with Crippen molar-refractivity contribution in [1.29, 1.82) is 0 Å². The van der Waals surface area contributed by atoms with E-state index in [4.69, 9.17) is 0 Å². The lowest BCUT2D eigenvalue weighted by atomic mass is 10.2. The molecular formula is C15H20N4O2S. The van der Waals surface area contributed by atoms with Crippen molar-refractivity contribution < 1.29 is 4.79 Å². The smallest absolute Gasteiger partial charge is 0.262 e. The highest BCUT2D eigenvalue weighted by atomic mass is 32.1. The van der Waals surface area contributed by atoms with Crippen molar-refractivity contribution >= 4 is 27.5 Å². The summed E-state index contributed by atoms with van der Waals surface area (Å²) in [5, 5.41) is 3.91. The highest BCUT2D eigenvalue weighted by Crippen LogP contribution is 2.19. The summed E-state index contributed by atoms with van der Waals surface area (Å²) in [4.78, 5) is 32.5. The molecule has 0 atom stereocenters. The summed E-state index contributed by atoms with van der Waals surface area (Å²) in [6.07, 6.45) is 2.74. The number of carbonyl (C=O) groups is 1. The van der Waals surface area contributed by atoms with Gasteiger partial charge >= 0.3 is 0 Å². The molecular weight excluding hydrogens is 300 g/mol. The zero-order chi connectivity index (χ0) is 15.5. The first-order chi connectivity index (χ1) is 10.6. The molecule has 1 fully saturated rings. The third kappa shape index (κ3) is 3.20. The van der Waals surface area contributed by atoms with Crippen LogP contribution in [0, 0.1) is 6.92 Å². The van der Waals surface area contributed by atoms with Gasteiger partial charge in [0, 0.05) is 44.0 Å². The Balaban J connectivity index is 1.60. The van der Waals surface area contributed by atoms with Crippen LogP contribution in [-0.2, 0) is 11.3 Å². The quantitative estimate of drug-likeness (QED) is 0.912. The fourth-order valence-corrected chi connectivity index (χ4v) is 3.55. The number of aromatic nitrogens is 2. The molecule has 0 radical (unpaired) electrons. The molecule has 1 aliphatic heterocycles. The number of thiophene rings is 1. The van der Waals surface area contributed by atoms with Crippen LogP contribution in [0.25, 0.3) is 10.2 Å². The number of aryl methyl sites for hydroxylation is 2. The van der Waals surface area contributed by atoms with Crippen molar-refractivity contribution in [2.24, 2.45) is 0 Å². The van der Waals surface area contributed by atoms with Gasteiger partial charge in [0.1, 0.15) is 4.83 Å². The molecule has 1 amide bonds. The number of nitrogens with one attached hydrogen (secondary N) is 1. The standard InChI is InChI=1S/C15H20N4O2S/c1-11-9-12-14(22-11)17-10-19(15(12)21)6-2-3-13(20)18-7-4-16-5-8-18/h9-10,16H,2-8H2,1H3. The summed E-state index contributed by atoms with van der Waals surface area (Å²) in [7, 11) is 0. The first-order valence-electron chi connectivity index (χ1n) is 7.59. The second-order valence-electron chi connectivity index (χ2n) is 5.55. The minimum Gasteiger partial charge on any atom is -0.340 e. The summed E-state index contributed by atoms with van der Waals surface area (Å²) >= 11 is 1.53. The van der Waals surface area contributed by atoms with Gasteiger partial charge in [-0.15, -0.1) is 11.3 Å². The average Bonchev–Trinajstić information content (AvgIpc) is 2.92. The molecule has 7 heteroatoms. The van der Waals surface area contributed by atoms with E-state index in [0.29, 0.717) is 24.8 Å². The predicted octanol–water partition coefficient (Wildman–Crippen LogP) is 0.978. The van der Waals surface area contributed by atoms with Gasteiger partial charge in [-0.05, 0) is 19.4 Å². The first kappa shape index (κ1) is 15.2. The maximum atomic E-state index is 12.3. The van der Waals surface area contributed by atoms with E-state index in [1.165, 1.54) is 11.3 Å². The van der Waals surface area contributed by atoms with Crippen LogP contribution < -0.4 is 10.9 Å².